The zero-order valence-corrected chi connectivity index (χ0v) is 17.5. The minimum atomic E-state index is -0.231. The summed E-state index contributed by atoms with van der Waals surface area (Å²) in [6, 6.07) is 13.0. The number of aryl methyl sites for hydroxylation is 1. The quantitative estimate of drug-likeness (QED) is 0.642. The lowest BCUT2D eigenvalue weighted by Crippen LogP contribution is -2.40. The van der Waals surface area contributed by atoms with Crippen molar-refractivity contribution in [3.8, 4) is 5.75 Å². The molecular formula is C22H29N3O4. The van der Waals surface area contributed by atoms with Gasteiger partial charge in [0.15, 0.2) is 0 Å². The number of nitrogens with one attached hydrogen (secondary N) is 2. The normalized spacial score (nSPS) is 10.7. The third kappa shape index (κ3) is 6.89. The summed E-state index contributed by atoms with van der Waals surface area (Å²) >= 11 is 0. The van der Waals surface area contributed by atoms with Crippen molar-refractivity contribution in [2.45, 2.75) is 13.8 Å². The van der Waals surface area contributed by atoms with Crippen molar-refractivity contribution in [3.63, 3.8) is 0 Å². The van der Waals surface area contributed by atoms with Crippen LogP contribution in [0, 0.1) is 13.8 Å². The van der Waals surface area contributed by atoms with Gasteiger partial charge in [-0.25, -0.2) is 0 Å². The minimum Gasteiger partial charge on any atom is -0.495 e. The van der Waals surface area contributed by atoms with Gasteiger partial charge in [-0.15, -0.1) is 0 Å². The molecule has 2 N–H and O–H groups in total. The molecule has 2 aromatic carbocycles. The molecule has 0 atom stereocenters. The Kier molecular flexibility index (Phi) is 8.64. The Hall–Kier alpha value is -2.90. The number of amides is 2. The lowest BCUT2D eigenvalue weighted by Gasteiger charge is -2.21. The van der Waals surface area contributed by atoms with Crippen LogP contribution in [0.5, 0.6) is 5.75 Å². The van der Waals surface area contributed by atoms with Crippen molar-refractivity contribution in [2.24, 2.45) is 0 Å². The number of hydrogen-bond donors (Lipinski definition) is 2. The SMILES string of the molecule is COCCN(CC(=O)Nc1ccccc1OC)CC(=O)Nc1cccc(C)c1C. The van der Waals surface area contributed by atoms with E-state index in [1.54, 1.807) is 31.3 Å². The maximum absolute atomic E-state index is 12.5. The second-order valence-electron chi connectivity index (χ2n) is 6.75. The first-order chi connectivity index (χ1) is 13.9. The molecule has 156 valence electrons. The van der Waals surface area contributed by atoms with E-state index in [4.69, 9.17) is 9.47 Å². The van der Waals surface area contributed by atoms with Gasteiger partial charge in [-0.05, 0) is 43.2 Å². The van der Waals surface area contributed by atoms with Gasteiger partial charge in [0.2, 0.25) is 11.8 Å². The highest BCUT2D eigenvalue weighted by molar-refractivity contribution is 5.95. The Labute approximate surface area is 172 Å². The second-order valence-corrected chi connectivity index (χ2v) is 6.75. The van der Waals surface area contributed by atoms with Gasteiger partial charge in [0, 0.05) is 19.3 Å². The fourth-order valence-electron chi connectivity index (χ4n) is 2.85. The molecule has 0 aromatic heterocycles. The van der Waals surface area contributed by atoms with Gasteiger partial charge in [-0.3, -0.25) is 14.5 Å². The van der Waals surface area contributed by atoms with Crippen LogP contribution in [0.25, 0.3) is 0 Å². The molecular weight excluding hydrogens is 370 g/mol. The highest BCUT2D eigenvalue weighted by Gasteiger charge is 2.16. The van der Waals surface area contributed by atoms with Crippen molar-refractivity contribution in [3.05, 3.63) is 53.6 Å². The number of benzene rings is 2. The fourth-order valence-corrected chi connectivity index (χ4v) is 2.85. The number of carbonyl (C=O) groups excluding carboxylic acids is 2. The van der Waals surface area contributed by atoms with Crippen LogP contribution >= 0.6 is 0 Å². The van der Waals surface area contributed by atoms with Crippen LogP contribution in [-0.4, -0.2) is 57.2 Å². The van der Waals surface area contributed by atoms with Crippen molar-refractivity contribution in [1.82, 2.24) is 4.90 Å². The summed E-state index contributed by atoms with van der Waals surface area (Å²) in [6.45, 7) is 4.97. The lowest BCUT2D eigenvalue weighted by atomic mass is 10.1. The number of hydrogen-bond acceptors (Lipinski definition) is 5. The molecule has 0 heterocycles. The summed E-state index contributed by atoms with van der Waals surface area (Å²) in [5.74, 6) is 0.169. The zero-order valence-electron chi connectivity index (χ0n) is 17.5. The Bertz CT molecular complexity index is 839. The van der Waals surface area contributed by atoms with Crippen molar-refractivity contribution >= 4 is 23.2 Å². The first-order valence-electron chi connectivity index (χ1n) is 9.44. The smallest absolute Gasteiger partial charge is 0.238 e. The van der Waals surface area contributed by atoms with E-state index in [2.05, 4.69) is 10.6 Å². The maximum atomic E-state index is 12.5. The molecule has 29 heavy (non-hydrogen) atoms. The van der Waals surface area contributed by atoms with E-state index < -0.39 is 0 Å². The molecule has 0 saturated heterocycles. The van der Waals surface area contributed by atoms with Gasteiger partial charge >= 0.3 is 0 Å². The zero-order chi connectivity index (χ0) is 21.2. The van der Waals surface area contributed by atoms with Crippen LogP contribution in [0.2, 0.25) is 0 Å². The predicted molar refractivity (Wildman–Crippen MR) is 114 cm³/mol. The molecule has 0 radical (unpaired) electrons. The summed E-state index contributed by atoms with van der Waals surface area (Å²) in [4.78, 5) is 26.8. The van der Waals surface area contributed by atoms with Crippen molar-refractivity contribution in [2.75, 3.05) is 51.1 Å². The molecule has 0 aliphatic rings. The van der Waals surface area contributed by atoms with E-state index in [9.17, 15) is 9.59 Å². The molecule has 0 spiro atoms. The highest BCUT2D eigenvalue weighted by Crippen LogP contribution is 2.23. The van der Waals surface area contributed by atoms with E-state index in [0.29, 0.717) is 24.6 Å². The van der Waals surface area contributed by atoms with E-state index in [1.807, 2.05) is 44.2 Å². The predicted octanol–water partition coefficient (Wildman–Crippen LogP) is 2.84. The Morgan fingerprint density at radius 3 is 2.17 bits per heavy atom. The number of rotatable bonds is 10. The number of nitrogens with zero attached hydrogens (tertiary/aromatic N) is 1. The van der Waals surface area contributed by atoms with Crippen molar-refractivity contribution in [1.29, 1.82) is 0 Å². The molecule has 7 nitrogen and oxygen atoms in total. The summed E-state index contributed by atoms with van der Waals surface area (Å²) < 4.78 is 10.4. The molecule has 0 bridgehead atoms. The van der Waals surface area contributed by atoms with Crippen LogP contribution in [0.1, 0.15) is 11.1 Å². The van der Waals surface area contributed by atoms with E-state index >= 15 is 0 Å². The van der Waals surface area contributed by atoms with Crippen LogP contribution < -0.4 is 15.4 Å². The average Bonchev–Trinajstić information content (AvgIpc) is 2.70. The Morgan fingerprint density at radius 1 is 0.897 bits per heavy atom. The number of carbonyl (C=O) groups is 2. The molecule has 0 aliphatic carbocycles. The lowest BCUT2D eigenvalue weighted by molar-refractivity contribution is -0.120. The third-order valence-electron chi connectivity index (χ3n) is 4.61. The maximum Gasteiger partial charge on any atom is 0.238 e. The number of methoxy groups -OCH3 is 2. The van der Waals surface area contributed by atoms with Crippen molar-refractivity contribution < 1.29 is 19.1 Å². The van der Waals surface area contributed by atoms with E-state index in [-0.39, 0.29) is 24.9 Å². The molecule has 0 unspecified atom stereocenters. The van der Waals surface area contributed by atoms with Gasteiger partial charge in [-0.1, -0.05) is 24.3 Å². The largest absolute Gasteiger partial charge is 0.495 e. The molecule has 0 saturated carbocycles. The molecule has 2 rings (SSSR count). The summed E-state index contributed by atoms with van der Waals surface area (Å²) in [5, 5.41) is 5.76. The highest BCUT2D eigenvalue weighted by atomic mass is 16.5. The topological polar surface area (TPSA) is 79.9 Å². The molecule has 0 fully saturated rings. The van der Waals surface area contributed by atoms with Gasteiger partial charge < -0.3 is 20.1 Å². The number of anilines is 2. The summed E-state index contributed by atoms with van der Waals surface area (Å²) in [5.41, 5.74) is 3.50. The van der Waals surface area contributed by atoms with Gasteiger partial charge in [0.1, 0.15) is 5.75 Å². The van der Waals surface area contributed by atoms with Crippen LogP contribution in [0.3, 0.4) is 0 Å². The first-order valence-corrected chi connectivity index (χ1v) is 9.44. The molecule has 2 amide bonds. The van der Waals surface area contributed by atoms with E-state index in [0.717, 1.165) is 16.8 Å². The Morgan fingerprint density at radius 2 is 1.52 bits per heavy atom. The number of ether oxygens (including phenoxy) is 2. The Balaban J connectivity index is 1.99. The number of para-hydroxylation sites is 2. The van der Waals surface area contributed by atoms with Crippen LogP contribution in [0.15, 0.2) is 42.5 Å². The molecule has 2 aromatic rings. The average molecular weight is 399 g/mol. The van der Waals surface area contributed by atoms with Crippen LogP contribution in [0.4, 0.5) is 11.4 Å². The van der Waals surface area contributed by atoms with E-state index in [1.165, 1.54) is 0 Å². The van der Waals surface area contributed by atoms with Crippen LogP contribution in [-0.2, 0) is 14.3 Å². The van der Waals surface area contributed by atoms with Gasteiger partial charge in [-0.2, -0.15) is 0 Å². The van der Waals surface area contributed by atoms with Gasteiger partial charge in [0.25, 0.3) is 0 Å². The fraction of sp³-hybridized carbons (Fsp3) is 0.364. The first kappa shape index (κ1) is 22.4. The summed E-state index contributed by atoms with van der Waals surface area (Å²) in [7, 11) is 3.14. The standard InChI is InChI=1S/C22H29N3O4/c1-16-8-7-10-18(17(16)2)23-21(26)14-25(12-13-28-3)15-22(27)24-19-9-5-6-11-20(19)29-4/h5-11H,12-15H2,1-4H3,(H,23,26)(H,24,27). The molecule has 0 aliphatic heterocycles. The minimum absolute atomic E-state index is 0.0572. The molecule has 7 heteroatoms. The summed E-state index contributed by atoms with van der Waals surface area (Å²) in [6.07, 6.45) is 0. The third-order valence-corrected chi connectivity index (χ3v) is 4.61. The monoisotopic (exact) mass is 399 g/mol. The second kappa shape index (κ2) is 11.2. The van der Waals surface area contributed by atoms with Gasteiger partial charge in [0.05, 0.1) is 32.5 Å².